The number of hydrogen-bond donors (Lipinski definition) is 1. The number of aromatic nitrogens is 3. The summed E-state index contributed by atoms with van der Waals surface area (Å²) in [5, 5.41) is 4.34. The molecule has 25 heavy (non-hydrogen) atoms. The molecule has 0 spiro atoms. The molecule has 6 heteroatoms. The van der Waals surface area contributed by atoms with Gasteiger partial charge in [-0.05, 0) is 42.8 Å². The van der Waals surface area contributed by atoms with Crippen molar-refractivity contribution in [3.05, 3.63) is 71.0 Å². The highest BCUT2D eigenvalue weighted by molar-refractivity contribution is 7.18. The number of nitrogens with one attached hydrogen (secondary N) is 1. The number of anilines is 1. The fourth-order valence-corrected chi connectivity index (χ4v) is 3.45. The monoisotopic (exact) mass is 350 g/mol. The number of hydrogen-bond acceptors (Lipinski definition) is 5. The number of fused-ring (bicyclic) bond motifs is 1. The summed E-state index contributed by atoms with van der Waals surface area (Å²) >= 11 is 1.63. The van der Waals surface area contributed by atoms with Crippen molar-refractivity contribution in [2.45, 2.75) is 13.5 Å². The standard InChI is InChI=1S/C19H15FN4S/c1-12-10-15-17(22-11-13-5-7-14(20)8-6-13)23-18(24-19(15)25-12)16-4-2-3-9-21-16/h2-10H,11H2,1H3,(H,22,23,24). The Kier molecular flexibility index (Phi) is 4.11. The van der Waals surface area contributed by atoms with Gasteiger partial charge in [-0.25, -0.2) is 14.4 Å². The summed E-state index contributed by atoms with van der Waals surface area (Å²) in [4.78, 5) is 15.8. The van der Waals surface area contributed by atoms with Gasteiger partial charge in [0.2, 0.25) is 0 Å². The average Bonchev–Trinajstić information content (AvgIpc) is 3.02. The van der Waals surface area contributed by atoms with Crippen LogP contribution in [0.25, 0.3) is 21.7 Å². The third-order valence-corrected chi connectivity index (χ3v) is 4.73. The molecule has 0 radical (unpaired) electrons. The summed E-state index contributed by atoms with van der Waals surface area (Å²) < 4.78 is 13.1. The molecule has 3 heterocycles. The van der Waals surface area contributed by atoms with E-state index in [1.165, 1.54) is 17.0 Å². The van der Waals surface area contributed by atoms with E-state index in [4.69, 9.17) is 0 Å². The van der Waals surface area contributed by atoms with Crippen molar-refractivity contribution in [3.8, 4) is 11.5 Å². The summed E-state index contributed by atoms with van der Waals surface area (Å²) in [6.07, 6.45) is 1.73. The maximum atomic E-state index is 13.1. The Hall–Kier alpha value is -2.86. The predicted octanol–water partition coefficient (Wildman–Crippen LogP) is 4.81. The van der Waals surface area contributed by atoms with E-state index in [0.717, 1.165) is 27.3 Å². The smallest absolute Gasteiger partial charge is 0.181 e. The molecule has 0 unspecified atom stereocenters. The number of nitrogens with zero attached hydrogens (tertiary/aromatic N) is 3. The van der Waals surface area contributed by atoms with Crippen LogP contribution in [-0.4, -0.2) is 15.0 Å². The van der Waals surface area contributed by atoms with Gasteiger partial charge in [0.15, 0.2) is 5.82 Å². The summed E-state index contributed by atoms with van der Waals surface area (Å²) in [5.41, 5.74) is 1.72. The van der Waals surface area contributed by atoms with Crippen molar-refractivity contribution in [3.63, 3.8) is 0 Å². The van der Waals surface area contributed by atoms with Gasteiger partial charge < -0.3 is 5.32 Å². The summed E-state index contributed by atoms with van der Waals surface area (Å²) in [7, 11) is 0. The lowest BCUT2D eigenvalue weighted by Gasteiger charge is -2.09. The maximum Gasteiger partial charge on any atom is 0.181 e. The predicted molar refractivity (Wildman–Crippen MR) is 99.1 cm³/mol. The van der Waals surface area contributed by atoms with E-state index in [-0.39, 0.29) is 5.82 Å². The molecular weight excluding hydrogens is 335 g/mol. The Balaban J connectivity index is 1.72. The molecule has 4 aromatic rings. The minimum atomic E-state index is -0.237. The molecule has 124 valence electrons. The van der Waals surface area contributed by atoms with Crippen molar-refractivity contribution in [2.24, 2.45) is 0 Å². The third-order valence-electron chi connectivity index (χ3n) is 3.78. The fourth-order valence-electron chi connectivity index (χ4n) is 2.57. The molecule has 1 N–H and O–H groups in total. The lowest BCUT2D eigenvalue weighted by Crippen LogP contribution is -2.04. The largest absolute Gasteiger partial charge is 0.365 e. The number of aryl methyl sites for hydroxylation is 1. The molecule has 0 aliphatic carbocycles. The third kappa shape index (κ3) is 3.34. The van der Waals surface area contributed by atoms with Crippen LogP contribution in [0.15, 0.2) is 54.7 Å². The van der Waals surface area contributed by atoms with Crippen molar-refractivity contribution >= 4 is 27.4 Å². The Morgan fingerprint density at radius 1 is 1.08 bits per heavy atom. The van der Waals surface area contributed by atoms with Gasteiger partial charge in [-0.3, -0.25) is 4.98 Å². The van der Waals surface area contributed by atoms with Crippen molar-refractivity contribution in [2.75, 3.05) is 5.32 Å². The SMILES string of the molecule is Cc1cc2c(NCc3ccc(F)cc3)nc(-c3ccccn3)nc2s1. The first kappa shape index (κ1) is 15.7. The van der Waals surface area contributed by atoms with Gasteiger partial charge in [0.05, 0.1) is 5.39 Å². The molecule has 0 aliphatic rings. The molecular formula is C19H15FN4S. The molecule has 4 rings (SSSR count). The molecule has 0 saturated heterocycles. The van der Waals surface area contributed by atoms with Gasteiger partial charge in [-0.2, -0.15) is 0 Å². The number of thiophene rings is 1. The van der Waals surface area contributed by atoms with E-state index in [0.29, 0.717) is 12.4 Å². The number of halogens is 1. The minimum absolute atomic E-state index is 0.237. The molecule has 4 nitrogen and oxygen atoms in total. The summed E-state index contributed by atoms with van der Waals surface area (Å²) in [6, 6.07) is 14.2. The van der Waals surface area contributed by atoms with Crippen LogP contribution in [0, 0.1) is 12.7 Å². The van der Waals surface area contributed by atoms with Crippen molar-refractivity contribution in [1.29, 1.82) is 0 Å². The van der Waals surface area contributed by atoms with Gasteiger partial charge in [0.1, 0.15) is 22.2 Å². The van der Waals surface area contributed by atoms with E-state index in [9.17, 15) is 4.39 Å². The lowest BCUT2D eigenvalue weighted by atomic mass is 10.2. The van der Waals surface area contributed by atoms with Crippen LogP contribution in [0.4, 0.5) is 10.2 Å². The molecule has 3 aromatic heterocycles. The second-order valence-electron chi connectivity index (χ2n) is 5.67. The number of rotatable bonds is 4. The van der Waals surface area contributed by atoms with Crippen LogP contribution < -0.4 is 5.32 Å². The van der Waals surface area contributed by atoms with E-state index < -0.39 is 0 Å². The van der Waals surface area contributed by atoms with E-state index in [1.54, 1.807) is 29.7 Å². The number of benzene rings is 1. The summed E-state index contributed by atoms with van der Waals surface area (Å²) in [5.74, 6) is 1.12. The maximum absolute atomic E-state index is 13.1. The Morgan fingerprint density at radius 3 is 2.68 bits per heavy atom. The van der Waals surface area contributed by atoms with Crippen LogP contribution in [0.5, 0.6) is 0 Å². The lowest BCUT2D eigenvalue weighted by molar-refractivity contribution is 0.627. The van der Waals surface area contributed by atoms with Crippen LogP contribution >= 0.6 is 11.3 Å². The van der Waals surface area contributed by atoms with E-state index >= 15 is 0 Å². The summed E-state index contributed by atoms with van der Waals surface area (Å²) in [6.45, 7) is 2.61. The Bertz CT molecular complexity index is 1010. The molecule has 0 atom stereocenters. The van der Waals surface area contributed by atoms with E-state index in [2.05, 4.69) is 33.3 Å². The molecule has 0 amide bonds. The second kappa shape index (κ2) is 6.57. The highest BCUT2D eigenvalue weighted by atomic mass is 32.1. The highest BCUT2D eigenvalue weighted by Gasteiger charge is 2.12. The first-order valence-electron chi connectivity index (χ1n) is 7.87. The first-order valence-corrected chi connectivity index (χ1v) is 8.68. The Labute approximate surface area is 148 Å². The van der Waals surface area contributed by atoms with Gasteiger partial charge in [0.25, 0.3) is 0 Å². The second-order valence-corrected chi connectivity index (χ2v) is 6.90. The average molecular weight is 350 g/mol. The van der Waals surface area contributed by atoms with Gasteiger partial charge in [-0.15, -0.1) is 11.3 Å². The molecule has 0 fully saturated rings. The first-order chi connectivity index (χ1) is 12.2. The van der Waals surface area contributed by atoms with Crippen LogP contribution in [0.3, 0.4) is 0 Å². The minimum Gasteiger partial charge on any atom is -0.365 e. The highest BCUT2D eigenvalue weighted by Crippen LogP contribution is 2.30. The zero-order chi connectivity index (χ0) is 17.2. The van der Waals surface area contributed by atoms with Crippen LogP contribution in [-0.2, 0) is 6.54 Å². The van der Waals surface area contributed by atoms with Crippen molar-refractivity contribution < 1.29 is 4.39 Å². The van der Waals surface area contributed by atoms with Crippen molar-refractivity contribution in [1.82, 2.24) is 15.0 Å². The zero-order valence-corrected chi connectivity index (χ0v) is 14.3. The van der Waals surface area contributed by atoms with E-state index in [1.807, 2.05) is 18.2 Å². The Morgan fingerprint density at radius 2 is 1.92 bits per heavy atom. The topological polar surface area (TPSA) is 50.7 Å². The fraction of sp³-hybridized carbons (Fsp3) is 0.105. The quantitative estimate of drug-likeness (QED) is 0.574. The van der Waals surface area contributed by atoms with Gasteiger partial charge in [0, 0.05) is 17.6 Å². The zero-order valence-electron chi connectivity index (χ0n) is 13.5. The normalized spacial score (nSPS) is 11.0. The van der Waals surface area contributed by atoms with Gasteiger partial charge in [-0.1, -0.05) is 18.2 Å². The number of pyridine rings is 1. The van der Waals surface area contributed by atoms with Crippen LogP contribution in [0.1, 0.15) is 10.4 Å². The molecule has 0 aliphatic heterocycles. The molecule has 1 aromatic carbocycles. The van der Waals surface area contributed by atoms with Gasteiger partial charge >= 0.3 is 0 Å². The van der Waals surface area contributed by atoms with Crippen LogP contribution in [0.2, 0.25) is 0 Å². The molecule has 0 saturated carbocycles. The molecule has 0 bridgehead atoms.